The second kappa shape index (κ2) is 3.66. The smallest absolute Gasteiger partial charge is 0.290 e. The Labute approximate surface area is 96.8 Å². The summed E-state index contributed by atoms with van der Waals surface area (Å²) in [6.45, 7) is 2.31. The van der Waals surface area contributed by atoms with Crippen LogP contribution in [0.1, 0.15) is 6.92 Å². The van der Waals surface area contributed by atoms with Gasteiger partial charge in [-0.25, -0.2) is 0 Å². The predicted molar refractivity (Wildman–Crippen MR) is 65.5 cm³/mol. The van der Waals surface area contributed by atoms with E-state index in [-0.39, 0.29) is 5.56 Å². The van der Waals surface area contributed by atoms with Crippen molar-refractivity contribution in [3.05, 3.63) is 41.0 Å². The second-order valence-electron chi connectivity index (χ2n) is 3.75. The van der Waals surface area contributed by atoms with E-state index in [1.807, 2.05) is 25.1 Å². The molecular weight excluding hydrogens is 218 g/mol. The number of aromatic amines is 1. The normalized spacial score (nSPS) is 11.1. The first kappa shape index (κ1) is 9.96. The predicted octanol–water partition coefficient (Wildman–Crippen LogP) is 2.67. The molecule has 0 spiro atoms. The van der Waals surface area contributed by atoms with E-state index in [9.17, 15) is 4.79 Å². The zero-order valence-electron chi connectivity index (χ0n) is 9.32. The Hall–Kier alpha value is -2.23. The van der Waals surface area contributed by atoms with Crippen LogP contribution < -0.4 is 10.3 Å². The van der Waals surface area contributed by atoms with Gasteiger partial charge < -0.3 is 14.1 Å². The maximum Gasteiger partial charge on any atom is 0.290 e. The molecule has 17 heavy (non-hydrogen) atoms. The quantitative estimate of drug-likeness (QED) is 0.735. The van der Waals surface area contributed by atoms with Gasteiger partial charge in [-0.15, -0.1) is 0 Å². The minimum absolute atomic E-state index is 0.217. The number of ether oxygens (including phenoxy) is 1. The fourth-order valence-corrected chi connectivity index (χ4v) is 2.01. The molecule has 0 unspecified atom stereocenters. The Balaban J connectivity index is 2.47. The fourth-order valence-electron chi connectivity index (χ4n) is 2.01. The highest BCUT2D eigenvalue weighted by Gasteiger charge is 2.10. The van der Waals surface area contributed by atoms with E-state index in [1.54, 1.807) is 12.5 Å². The molecule has 0 bridgehead atoms. The van der Waals surface area contributed by atoms with Crippen LogP contribution in [0.3, 0.4) is 0 Å². The van der Waals surface area contributed by atoms with Gasteiger partial charge in [-0.3, -0.25) is 4.79 Å². The van der Waals surface area contributed by atoms with Crippen LogP contribution in [0, 0.1) is 0 Å². The zero-order chi connectivity index (χ0) is 11.8. The Bertz CT molecular complexity index is 739. The van der Waals surface area contributed by atoms with Crippen molar-refractivity contribution < 1.29 is 9.15 Å². The molecule has 0 saturated carbocycles. The first-order valence-electron chi connectivity index (χ1n) is 5.45. The fraction of sp³-hybridized carbons (Fsp3) is 0.154. The highest BCUT2D eigenvalue weighted by atomic mass is 16.5. The zero-order valence-corrected chi connectivity index (χ0v) is 9.32. The van der Waals surface area contributed by atoms with Gasteiger partial charge in [-0.05, 0) is 19.1 Å². The van der Waals surface area contributed by atoms with Crippen molar-refractivity contribution >= 4 is 21.7 Å². The second-order valence-corrected chi connectivity index (χ2v) is 3.75. The molecule has 3 aromatic rings. The van der Waals surface area contributed by atoms with E-state index in [2.05, 4.69) is 4.98 Å². The molecule has 1 aromatic carbocycles. The average Bonchev–Trinajstić information content (AvgIpc) is 2.80. The van der Waals surface area contributed by atoms with Gasteiger partial charge in [-0.2, -0.15) is 0 Å². The van der Waals surface area contributed by atoms with E-state index < -0.39 is 0 Å². The SMILES string of the molecule is CCOc1c(=O)[nH]cc2c1ccc1ccoc12. The van der Waals surface area contributed by atoms with Gasteiger partial charge in [0.1, 0.15) is 5.58 Å². The number of pyridine rings is 1. The van der Waals surface area contributed by atoms with E-state index in [1.165, 1.54) is 0 Å². The summed E-state index contributed by atoms with van der Waals surface area (Å²) in [6.07, 6.45) is 3.29. The lowest BCUT2D eigenvalue weighted by atomic mass is 10.1. The minimum atomic E-state index is -0.217. The molecule has 86 valence electrons. The highest BCUT2D eigenvalue weighted by Crippen LogP contribution is 2.29. The third kappa shape index (κ3) is 1.41. The maximum atomic E-state index is 11.7. The van der Waals surface area contributed by atoms with Crippen molar-refractivity contribution in [1.82, 2.24) is 4.98 Å². The first-order chi connectivity index (χ1) is 8.31. The van der Waals surface area contributed by atoms with Crippen molar-refractivity contribution in [2.24, 2.45) is 0 Å². The molecule has 2 aromatic heterocycles. The summed E-state index contributed by atoms with van der Waals surface area (Å²) in [4.78, 5) is 14.4. The Morgan fingerprint density at radius 2 is 2.18 bits per heavy atom. The lowest BCUT2D eigenvalue weighted by Crippen LogP contribution is -2.10. The molecule has 0 fully saturated rings. The van der Waals surface area contributed by atoms with Crippen molar-refractivity contribution in [2.45, 2.75) is 6.92 Å². The summed E-state index contributed by atoms with van der Waals surface area (Å²) in [5.41, 5.74) is 0.546. The summed E-state index contributed by atoms with van der Waals surface area (Å²) in [5.74, 6) is 0.350. The minimum Gasteiger partial charge on any atom is -0.488 e. The molecule has 2 heterocycles. The van der Waals surface area contributed by atoms with E-state index in [4.69, 9.17) is 9.15 Å². The molecule has 0 saturated heterocycles. The maximum absolute atomic E-state index is 11.7. The van der Waals surface area contributed by atoms with Crippen LogP contribution in [-0.2, 0) is 0 Å². The van der Waals surface area contributed by atoms with Crippen molar-refractivity contribution in [3.63, 3.8) is 0 Å². The largest absolute Gasteiger partial charge is 0.488 e. The number of fused-ring (bicyclic) bond motifs is 3. The third-order valence-electron chi connectivity index (χ3n) is 2.75. The lowest BCUT2D eigenvalue weighted by Gasteiger charge is -2.06. The number of H-pyrrole nitrogens is 1. The van der Waals surface area contributed by atoms with Crippen LogP contribution in [0.15, 0.2) is 39.9 Å². The number of benzene rings is 1. The van der Waals surface area contributed by atoms with E-state index in [0.29, 0.717) is 12.4 Å². The van der Waals surface area contributed by atoms with Crippen LogP contribution in [0.4, 0.5) is 0 Å². The first-order valence-corrected chi connectivity index (χ1v) is 5.45. The summed E-state index contributed by atoms with van der Waals surface area (Å²) >= 11 is 0. The van der Waals surface area contributed by atoms with Crippen LogP contribution in [0.25, 0.3) is 21.7 Å². The van der Waals surface area contributed by atoms with E-state index >= 15 is 0 Å². The van der Waals surface area contributed by atoms with Gasteiger partial charge in [-0.1, -0.05) is 6.07 Å². The standard InChI is InChI=1S/C13H11NO3/c1-2-16-12-9-4-3-8-5-6-17-11(8)10(9)7-14-13(12)15/h3-7H,2H2,1H3,(H,14,15). The number of furan rings is 1. The van der Waals surface area contributed by atoms with Gasteiger partial charge in [0.2, 0.25) is 0 Å². The molecule has 4 nitrogen and oxygen atoms in total. The summed E-state index contributed by atoms with van der Waals surface area (Å²) in [5, 5.41) is 2.64. The van der Waals surface area contributed by atoms with Crippen LogP contribution >= 0.6 is 0 Å². The molecule has 3 rings (SSSR count). The Kier molecular flexibility index (Phi) is 2.14. The van der Waals surface area contributed by atoms with Crippen LogP contribution in [0.5, 0.6) is 5.75 Å². The van der Waals surface area contributed by atoms with Gasteiger partial charge in [0.25, 0.3) is 5.56 Å². The average molecular weight is 229 g/mol. The molecule has 0 atom stereocenters. The topological polar surface area (TPSA) is 55.2 Å². The number of hydrogen-bond donors (Lipinski definition) is 1. The molecule has 4 heteroatoms. The molecule has 1 N–H and O–H groups in total. The van der Waals surface area contributed by atoms with Crippen LogP contribution in [-0.4, -0.2) is 11.6 Å². The van der Waals surface area contributed by atoms with Gasteiger partial charge >= 0.3 is 0 Å². The molecule has 0 radical (unpaired) electrons. The van der Waals surface area contributed by atoms with Crippen molar-refractivity contribution in [1.29, 1.82) is 0 Å². The van der Waals surface area contributed by atoms with Gasteiger partial charge in [0.05, 0.1) is 12.9 Å². The van der Waals surface area contributed by atoms with Gasteiger partial charge in [0.15, 0.2) is 5.75 Å². The monoisotopic (exact) mass is 229 g/mol. The van der Waals surface area contributed by atoms with Crippen molar-refractivity contribution in [2.75, 3.05) is 6.61 Å². The number of hydrogen-bond acceptors (Lipinski definition) is 3. The number of nitrogens with one attached hydrogen (secondary N) is 1. The molecule has 0 aliphatic heterocycles. The molecule has 0 amide bonds. The highest BCUT2D eigenvalue weighted by molar-refractivity contribution is 6.05. The third-order valence-corrected chi connectivity index (χ3v) is 2.75. The lowest BCUT2D eigenvalue weighted by molar-refractivity contribution is 0.339. The summed E-state index contributed by atoms with van der Waals surface area (Å²) < 4.78 is 10.8. The molecule has 0 aliphatic rings. The summed E-state index contributed by atoms with van der Waals surface area (Å²) in [6, 6.07) is 5.69. The Morgan fingerprint density at radius 1 is 1.29 bits per heavy atom. The number of rotatable bonds is 2. The summed E-state index contributed by atoms with van der Waals surface area (Å²) in [7, 11) is 0. The van der Waals surface area contributed by atoms with E-state index in [0.717, 1.165) is 21.7 Å². The van der Waals surface area contributed by atoms with Crippen LogP contribution in [0.2, 0.25) is 0 Å². The number of aromatic nitrogens is 1. The van der Waals surface area contributed by atoms with Crippen molar-refractivity contribution in [3.8, 4) is 5.75 Å². The van der Waals surface area contributed by atoms with Gasteiger partial charge in [0, 0.05) is 22.4 Å². The molecular formula is C13H11NO3. The molecule has 0 aliphatic carbocycles. The Morgan fingerprint density at radius 3 is 3.00 bits per heavy atom.